The first-order valence-corrected chi connectivity index (χ1v) is 5.88. The van der Waals surface area contributed by atoms with Crippen molar-refractivity contribution in [2.75, 3.05) is 6.54 Å². The summed E-state index contributed by atoms with van der Waals surface area (Å²) in [5.41, 5.74) is 0. The Morgan fingerprint density at radius 2 is 1.92 bits per heavy atom. The molecule has 0 aromatic carbocycles. The molecular formula is C12H25N. The molecule has 0 aliphatic heterocycles. The van der Waals surface area contributed by atoms with Crippen LogP contribution in [0.25, 0.3) is 0 Å². The van der Waals surface area contributed by atoms with E-state index in [0.29, 0.717) is 0 Å². The molecule has 0 heterocycles. The van der Waals surface area contributed by atoms with Crippen molar-refractivity contribution in [1.29, 1.82) is 0 Å². The van der Waals surface area contributed by atoms with Gasteiger partial charge in [-0.1, -0.05) is 27.2 Å². The van der Waals surface area contributed by atoms with Crippen LogP contribution in [0.4, 0.5) is 0 Å². The average molecular weight is 183 g/mol. The molecule has 4 atom stereocenters. The quantitative estimate of drug-likeness (QED) is 0.709. The fourth-order valence-corrected chi connectivity index (χ4v) is 2.53. The first-order valence-electron chi connectivity index (χ1n) is 5.88. The molecule has 78 valence electrons. The van der Waals surface area contributed by atoms with Gasteiger partial charge in [-0.2, -0.15) is 0 Å². The third-order valence-corrected chi connectivity index (χ3v) is 3.87. The van der Waals surface area contributed by atoms with Crippen LogP contribution in [0.15, 0.2) is 0 Å². The van der Waals surface area contributed by atoms with Crippen molar-refractivity contribution in [3.63, 3.8) is 0 Å². The highest BCUT2D eigenvalue weighted by Crippen LogP contribution is 2.34. The van der Waals surface area contributed by atoms with E-state index in [-0.39, 0.29) is 0 Å². The lowest BCUT2D eigenvalue weighted by Crippen LogP contribution is -2.37. The van der Waals surface area contributed by atoms with Crippen LogP contribution in [-0.4, -0.2) is 12.6 Å². The molecule has 1 aliphatic carbocycles. The maximum Gasteiger partial charge on any atom is 0.00669 e. The van der Waals surface area contributed by atoms with Crippen LogP contribution in [0.3, 0.4) is 0 Å². The lowest BCUT2D eigenvalue weighted by atomic mass is 9.73. The van der Waals surface area contributed by atoms with Gasteiger partial charge in [-0.25, -0.2) is 0 Å². The largest absolute Gasteiger partial charge is 0.314 e. The average Bonchev–Trinajstić information content (AvgIpc) is 2.10. The van der Waals surface area contributed by atoms with E-state index in [0.717, 1.165) is 30.3 Å². The van der Waals surface area contributed by atoms with Crippen LogP contribution < -0.4 is 5.32 Å². The zero-order valence-electron chi connectivity index (χ0n) is 9.64. The van der Waals surface area contributed by atoms with E-state index >= 15 is 0 Å². The molecular weight excluding hydrogens is 158 g/mol. The van der Waals surface area contributed by atoms with Gasteiger partial charge in [0.2, 0.25) is 0 Å². The minimum absolute atomic E-state index is 0.722. The van der Waals surface area contributed by atoms with Crippen LogP contribution in [0.1, 0.15) is 47.0 Å². The van der Waals surface area contributed by atoms with Gasteiger partial charge in [-0.05, 0) is 44.1 Å². The van der Waals surface area contributed by atoms with E-state index in [2.05, 4.69) is 33.0 Å². The second-order valence-corrected chi connectivity index (χ2v) is 4.87. The smallest absolute Gasteiger partial charge is 0.00669 e. The highest BCUT2D eigenvalue weighted by molar-refractivity contribution is 4.81. The van der Waals surface area contributed by atoms with Crippen LogP contribution >= 0.6 is 0 Å². The molecule has 0 bridgehead atoms. The SMILES string of the molecule is CCNC(C)C1CCC(C)C(C)C1. The van der Waals surface area contributed by atoms with Gasteiger partial charge in [0.15, 0.2) is 0 Å². The highest BCUT2D eigenvalue weighted by atomic mass is 14.9. The molecule has 0 saturated heterocycles. The van der Waals surface area contributed by atoms with Crippen molar-refractivity contribution in [2.45, 2.75) is 53.0 Å². The molecule has 1 fully saturated rings. The topological polar surface area (TPSA) is 12.0 Å². The third kappa shape index (κ3) is 2.98. The van der Waals surface area contributed by atoms with E-state index < -0.39 is 0 Å². The molecule has 1 saturated carbocycles. The first kappa shape index (κ1) is 11.0. The number of rotatable bonds is 3. The van der Waals surface area contributed by atoms with Gasteiger partial charge in [-0.3, -0.25) is 0 Å². The maximum absolute atomic E-state index is 3.55. The van der Waals surface area contributed by atoms with Crippen LogP contribution in [0, 0.1) is 17.8 Å². The van der Waals surface area contributed by atoms with Crippen molar-refractivity contribution in [2.24, 2.45) is 17.8 Å². The van der Waals surface area contributed by atoms with E-state index in [9.17, 15) is 0 Å². The normalized spacial score (nSPS) is 37.4. The van der Waals surface area contributed by atoms with Crippen LogP contribution in [0.5, 0.6) is 0 Å². The predicted octanol–water partition coefficient (Wildman–Crippen LogP) is 3.06. The van der Waals surface area contributed by atoms with Crippen molar-refractivity contribution in [1.82, 2.24) is 5.32 Å². The summed E-state index contributed by atoms with van der Waals surface area (Å²) in [5, 5.41) is 3.55. The molecule has 0 amide bonds. The monoisotopic (exact) mass is 183 g/mol. The Kier molecular flexibility index (Phi) is 4.24. The Bertz CT molecular complexity index is 144. The third-order valence-electron chi connectivity index (χ3n) is 3.87. The summed E-state index contributed by atoms with van der Waals surface area (Å²) in [6.45, 7) is 10.5. The van der Waals surface area contributed by atoms with Crippen molar-refractivity contribution in [3.8, 4) is 0 Å². The minimum atomic E-state index is 0.722. The number of nitrogens with one attached hydrogen (secondary N) is 1. The fourth-order valence-electron chi connectivity index (χ4n) is 2.53. The Labute approximate surface area is 83.3 Å². The molecule has 1 heteroatoms. The number of hydrogen-bond donors (Lipinski definition) is 1. The molecule has 0 aromatic rings. The first-order chi connectivity index (χ1) is 6.15. The summed E-state index contributed by atoms with van der Waals surface area (Å²) < 4.78 is 0. The van der Waals surface area contributed by atoms with Crippen LogP contribution in [0.2, 0.25) is 0 Å². The molecule has 1 aliphatic rings. The van der Waals surface area contributed by atoms with Gasteiger partial charge in [0.1, 0.15) is 0 Å². The summed E-state index contributed by atoms with van der Waals surface area (Å²) >= 11 is 0. The second kappa shape index (κ2) is 4.99. The molecule has 1 nitrogen and oxygen atoms in total. The summed E-state index contributed by atoms with van der Waals surface area (Å²) in [6.07, 6.45) is 4.29. The summed E-state index contributed by atoms with van der Waals surface area (Å²) in [5.74, 6) is 2.80. The maximum atomic E-state index is 3.55. The molecule has 13 heavy (non-hydrogen) atoms. The van der Waals surface area contributed by atoms with Crippen LogP contribution in [-0.2, 0) is 0 Å². The molecule has 0 radical (unpaired) electrons. The van der Waals surface area contributed by atoms with Crippen molar-refractivity contribution >= 4 is 0 Å². The van der Waals surface area contributed by atoms with E-state index in [4.69, 9.17) is 0 Å². The van der Waals surface area contributed by atoms with E-state index in [1.165, 1.54) is 19.3 Å². The lowest BCUT2D eigenvalue weighted by molar-refractivity contribution is 0.177. The molecule has 1 N–H and O–H groups in total. The Morgan fingerprint density at radius 1 is 1.23 bits per heavy atom. The molecule has 1 rings (SSSR count). The zero-order valence-corrected chi connectivity index (χ0v) is 9.64. The molecule has 0 aromatic heterocycles. The minimum Gasteiger partial charge on any atom is -0.314 e. The Hall–Kier alpha value is -0.0400. The molecule has 0 spiro atoms. The van der Waals surface area contributed by atoms with Crippen molar-refractivity contribution < 1.29 is 0 Å². The Morgan fingerprint density at radius 3 is 2.46 bits per heavy atom. The van der Waals surface area contributed by atoms with Gasteiger partial charge in [0.25, 0.3) is 0 Å². The van der Waals surface area contributed by atoms with Gasteiger partial charge in [0, 0.05) is 6.04 Å². The standard InChI is InChI=1S/C12H25N/c1-5-13-11(4)12-7-6-9(2)10(3)8-12/h9-13H,5-8H2,1-4H3. The van der Waals surface area contributed by atoms with Crippen molar-refractivity contribution in [3.05, 3.63) is 0 Å². The number of hydrogen-bond acceptors (Lipinski definition) is 1. The summed E-state index contributed by atoms with van der Waals surface area (Å²) in [7, 11) is 0. The van der Waals surface area contributed by atoms with E-state index in [1.54, 1.807) is 0 Å². The van der Waals surface area contributed by atoms with E-state index in [1.807, 2.05) is 0 Å². The molecule has 4 unspecified atom stereocenters. The zero-order chi connectivity index (χ0) is 9.84. The predicted molar refractivity (Wildman–Crippen MR) is 58.8 cm³/mol. The van der Waals surface area contributed by atoms with Gasteiger partial charge >= 0.3 is 0 Å². The van der Waals surface area contributed by atoms with Gasteiger partial charge in [-0.15, -0.1) is 0 Å². The highest BCUT2D eigenvalue weighted by Gasteiger charge is 2.27. The van der Waals surface area contributed by atoms with Gasteiger partial charge < -0.3 is 5.32 Å². The Balaban J connectivity index is 2.36. The van der Waals surface area contributed by atoms with Gasteiger partial charge in [0.05, 0.1) is 0 Å². The summed E-state index contributed by atoms with van der Waals surface area (Å²) in [6, 6.07) is 0.722. The second-order valence-electron chi connectivity index (χ2n) is 4.87. The fraction of sp³-hybridized carbons (Fsp3) is 1.00. The summed E-state index contributed by atoms with van der Waals surface area (Å²) in [4.78, 5) is 0. The lowest BCUT2D eigenvalue weighted by Gasteiger charge is -2.35.